The number of nitrogens with zero attached hydrogens (tertiary/aromatic N) is 2. The molecule has 2 aromatic carbocycles. The van der Waals surface area contributed by atoms with E-state index in [4.69, 9.17) is 0 Å². The van der Waals surface area contributed by atoms with Crippen molar-refractivity contribution in [1.82, 2.24) is 15.5 Å². The maximum atomic E-state index is 12.2. The zero-order valence-electron chi connectivity index (χ0n) is 12.8. The minimum atomic E-state index is -0.0129. The fraction of sp³-hybridized carbons (Fsp3) is 0.167. The van der Waals surface area contributed by atoms with Gasteiger partial charge in [0.2, 0.25) is 5.91 Å². The van der Waals surface area contributed by atoms with E-state index >= 15 is 0 Å². The van der Waals surface area contributed by atoms with E-state index < -0.39 is 0 Å². The summed E-state index contributed by atoms with van der Waals surface area (Å²) < 4.78 is 0. The first-order chi connectivity index (χ1) is 11.2. The standard InChI is InChI=1S/C18H17N3OS/c1-13(14-7-3-2-4-8-14)20-17(22)12-23-18-16-10-6-5-9-15(16)11-19-21-18/h2-11,13H,12H2,1H3,(H,20,22)/t13-/m0/s1. The van der Waals surface area contributed by atoms with Crippen molar-refractivity contribution in [2.24, 2.45) is 0 Å². The van der Waals surface area contributed by atoms with Crippen molar-refractivity contribution < 1.29 is 4.79 Å². The summed E-state index contributed by atoms with van der Waals surface area (Å²) in [6.07, 6.45) is 1.73. The number of thioether (sulfide) groups is 1. The molecule has 1 aromatic heterocycles. The average molecular weight is 323 g/mol. The quantitative estimate of drug-likeness (QED) is 0.729. The molecule has 4 nitrogen and oxygen atoms in total. The zero-order valence-corrected chi connectivity index (χ0v) is 13.6. The van der Waals surface area contributed by atoms with Gasteiger partial charge in [0.25, 0.3) is 0 Å². The number of nitrogens with one attached hydrogen (secondary N) is 1. The molecule has 1 amide bonds. The summed E-state index contributed by atoms with van der Waals surface area (Å²) in [7, 11) is 0. The van der Waals surface area contributed by atoms with Crippen LogP contribution >= 0.6 is 11.8 Å². The number of amides is 1. The van der Waals surface area contributed by atoms with Crippen LogP contribution in [0.25, 0.3) is 10.8 Å². The van der Waals surface area contributed by atoms with Gasteiger partial charge in [-0.3, -0.25) is 4.79 Å². The van der Waals surface area contributed by atoms with Gasteiger partial charge in [-0.15, -0.1) is 5.10 Å². The van der Waals surface area contributed by atoms with Gasteiger partial charge >= 0.3 is 0 Å². The van der Waals surface area contributed by atoms with Crippen LogP contribution in [0.3, 0.4) is 0 Å². The highest BCUT2D eigenvalue weighted by Gasteiger charge is 2.11. The number of rotatable bonds is 5. The van der Waals surface area contributed by atoms with Crippen LogP contribution in [0, 0.1) is 0 Å². The molecule has 116 valence electrons. The Bertz CT molecular complexity index is 802. The number of aromatic nitrogens is 2. The monoisotopic (exact) mass is 323 g/mol. The molecule has 3 rings (SSSR count). The molecular weight excluding hydrogens is 306 g/mol. The molecule has 0 unspecified atom stereocenters. The van der Waals surface area contributed by atoms with Gasteiger partial charge in [-0.25, -0.2) is 0 Å². The maximum Gasteiger partial charge on any atom is 0.230 e. The third-order valence-corrected chi connectivity index (χ3v) is 4.54. The number of fused-ring (bicyclic) bond motifs is 1. The van der Waals surface area contributed by atoms with Crippen molar-refractivity contribution in [2.75, 3.05) is 5.75 Å². The SMILES string of the molecule is C[C@H](NC(=O)CSc1nncc2ccccc12)c1ccccc1. The molecule has 0 saturated carbocycles. The van der Waals surface area contributed by atoms with E-state index in [1.165, 1.54) is 11.8 Å². The Morgan fingerprint density at radius 2 is 1.87 bits per heavy atom. The molecule has 5 heteroatoms. The lowest BCUT2D eigenvalue weighted by Crippen LogP contribution is -2.28. The van der Waals surface area contributed by atoms with E-state index in [1.54, 1.807) is 6.20 Å². The summed E-state index contributed by atoms with van der Waals surface area (Å²) in [5, 5.41) is 14.0. The molecule has 0 saturated heterocycles. The molecule has 0 radical (unpaired) electrons. The second kappa shape index (κ2) is 7.24. The smallest absolute Gasteiger partial charge is 0.230 e. The van der Waals surface area contributed by atoms with E-state index in [1.807, 2.05) is 61.5 Å². The molecule has 1 atom stereocenters. The van der Waals surface area contributed by atoms with Crippen LogP contribution in [0.4, 0.5) is 0 Å². The third-order valence-electron chi connectivity index (χ3n) is 3.55. The molecule has 0 aliphatic heterocycles. The topological polar surface area (TPSA) is 54.9 Å². The number of carbonyl (C=O) groups is 1. The normalized spacial score (nSPS) is 12.0. The highest BCUT2D eigenvalue weighted by Crippen LogP contribution is 2.24. The number of hydrogen-bond acceptors (Lipinski definition) is 4. The van der Waals surface area contributed by atoms with E-state index in [0.29, 0.717) is 5.75 Å². The highest BCUT2D eigenvalue weighted by atomic mass is 32.2. The Hall–Kier alpha value is -2.40. The third kappa shape index (κ3) is 3.87. The predicted octanol–water partition coefficient (Wildman–Crippen LogP) is 3.60. The summed E-state index contributed by atoms with van der Waals surface area (Å²) >= 11 is 1.41. The maximum absolute atomic E-state index is 12.2. The van der Waals surface area contributed by atoms with E-state index in [0.717, 1.165) is 21.4 Å². The zero-order chi connectivity index (χ0) is 16.1. The molecule has 3 aromatic rings. The molecule has 0 aliphatic carbocycles. The van der Waals surface area contributed by atoms with Crippen molar-refractivity contribution in [3.8, 4) is 0 Å². The lowest BCUT2D eigenvalue weighted by Gasteiger charge is -2.14. The molecule has 0 bridgehead atoms. The van der Waals surface area contributed by atoms with Gasteiger partial charge in [0.05, 0.1) is 18.0 Å². The fourth-order valence-electron chi connectivity index (χ4n) is 2.35. The van der Waals surface area contributed by atoms with Crippen molar-refractivity contribution in [3.05, 3.63) is 66.4 Å². The number of hydrogen-bond donors (Lipinski definition) is 1. The molecule has 23 heavy (non-hydrogen) atoms. The number of benzene rings is 2. The van der Waals surface area contributed by atoms with Crippen molar-refractivity contribution in [1.29, 1.82) is 0 Å². The van der Waals surface area contributed by atoms with Crippen LogP contribution in [0.15, 0.2) is 65.8 Å². The Kier molecular flexibility index (Phi) is 4.88. The first-order valence-corrected chi connectivity index (χ1v) is 8.40. The lowest BCUT2D eigenvalue weighted by molar-refractivity contribution is -0.119. The van der Waals surface area contributed by atoms with Gasteiger partial charge in [0, 0.05) is 10.8 Å². The molecular formula is C18H17N3OS. The minimum absolute atomic E-state index is 0.0112. The number of carbonyl (C=O) groups excluding carboxylic acids is 1. The lowest BCUT2D eigenvalue weighted by atomic mass is 10.1. The van der Waals surface area contributed by atoms with Crippen LogP contribution in [0.2, 0.25) is 0 Å². The molecule has 1 N–H and O–H groups in total. The fourth-order valence-corrected chi connectivity index (χ4v) is 3.15. The summed E-state index contributed by atoms with van der Waals surface area (Å²) in [5.41, 5.74) is 1.09. The van der Waals surface area contributed by atoms with E-state index in [9.17, 15) is 4.79 Å². The van der Waals surface area contributed by atoms with Gasteiger partial charge in [0.15, 0.2) is 0 Å². The van der Waals surface area contributed by atoms with Crippen LogP contribution in [-0.2, 0) is 4.79 Å². The van der Waals surface area contributed by atoms with Gasteiger partial charge in [-0.05, 0) is 12.5 Å². The highest BCUT2D eigenvalue weighted by molar-refractivity contribution is 8.00. The van der Waals surface area contributed by atoms with Crippen molar-refractivity contribution >= 4 is 28.4 Å². The van der Waals surface area contributed by atoms with Crippen molar-refractivity contribution in [2.45, 2.75) is 18.0 Å². The summed E-state index contributed by atoms with van der Waals surface area (Å²) in [6.45, 7) is 1.98. The van der Waals surface area contributed by atoms with Gasteiger partial charge in [-0.2, -0.15) is 5.10 Å². The molecule has 0 fully saturated rings. The second-order valence-corrected chi connectivity index (χ2v) is 6.19. The first kappa shape index (κ1) is 15.5. The molecule has 1 heterocycles. The molecule has 0 spiro atoms. The summed E-state index contributed by atoms with van der Waals surface area (Å²) in [6, 6.07) is 17.8. The molecule has 0 aliphatic rings. The summed E-state index contributed by atoms with van der Waals surface area (Å²) in [5.74, 6) is 0.306. The van der Waals surface area contributed by atoms with Crippen LogP contribution in [0.1, 0.15) is 18.5 Å². The van der Waals surface area contributed by atoms with Crippen molar-refractivity contribution in [3.63, 3.8) is 0 Å². The second-order valence-electron chi connectivity index (χ2n) is 5.23. The largest absolute Gasteiger partial charge is 0.349 e. The van der Waals surface area contributed by atoms with Gasteiger partial charge in [0.1, 0.15) is 5.03 Å². The predicted molar refractivity (Wildman–Crippen MR) is 93.3 cm³/mol. The first-order valence-electron chi connectivity index (χ1n) is 7.41. The summed E-state index contributed by atoms with van der Waals surface area (Å²) in [4.78, 5) is 12.2. The van der Waals surface area contributed by atoms with Gasteiger partial charge < -0.3 is 5.32 Å². The van der Waals surface area contributed by atoms with Crippen LogP contribution in [-0.4, -0.2) is 21.9 Å². The Morgan fingerprint density at radius 1 is 1.13 bits per heavy atom. The Balaban J connectivity index is 1.62. The van der Waals surface area contributed by atoms with Crippen LogP contribution in [0.5, 0.6) is 0 Å². The minimum Gasteiger partial charge on any atom is -0.349 e. The average Bonchev–Trinajstić information content (AvgIpc) is 2.60. The van der Waals surface area contributed by atoms with E-state index in [-0.39, 0.29) is 11.9 Å². The Labute approximate surface area is 139 Å². The van der Waals surface area contributed by atoms with Crippen LogP contribution < -0.4 is 5.32 Å². The Morgan fingerprint density at radius 3 is 2.70 bits per heavy atom. The van der Waals surface area contributed by atoms with Gasteiger partial charge in [-0.1, -0.05) is 66.4 Å². The van der Waals surface area contributed by atoms with E-state index in [2.05, 4.69) is 15.5 Å².